The van der Waals surface area contributed by atoms with Crippen molar-refractivity contribution in [1.29, 1.82) is 0 Å². The van der Waals surface area contributed by atoms with Gasteiger partial charge in [-0.15, -0.1) is 0 Å². The molecule has 0 aromatic rings. The summed E-state index contributed by atoms with van der Waals surface area (Å²) in [7, 11) is -5.11. The van der Waals surface area contributed by atoms with E-state index in [9.17, 15) is 50.0 Å². The van der Waals surface area contributed by atoms with E-state index in [-0.39, 0.29) is 12.8 Å². The smallest absolute Gasteiger partial charge is 0.393 e. The van der Waals surface area contributed by atoms with Crippen LogP contribution in [0.4, 0.5) is 0 Å². The lowest BCUT2D eigenvalue weighted by atomic mass is 9.85. The number of carbonyl (C=O) groups is 1. The molecular formula is C40H78NO12P. The molecule has 0 radical (unpaired) electrons. The number of aliphatic hydroxyl groups is 7. The van der Waals surface area contributed by atoms with Crippen molar-refractivity contribution in [3.63, 3.8) is 0 Å². The average molecular weight is 796 g/mol. The van der Waals surface area contributed by atoms with Crippen LogP contribution < -0.4 is 5.32 Å². The Balaban J connectivity index is 2.58. The quantitative estimate of drug-likeness (QED) is 0.0212. The van der Waals surface area contributed by atoms with Crippen LogP contribution in [0.2, 0.25) is 0 Å². The maximum atomic E-state index is 12.9. The van der Waals surface area contributed by atoms with Crippen LogP contribution in [-0.4, -0.2) is 108 Å². The maximum Gasteiger partial charge on any atom is 0.472 e. The predicted molar refractivity (Wildman–Crippen MR) is 211 cm³/mol. The van der Waals surface area contributed by atoms with Gasteiger partial charge in [0.05, 0.1) is 31.3 Å². The molecule has 0 aliphatic heterocycles. The van der Waals surface area contributed by atoms with Gasteiger partial charge in [-0.3, -0.25) is 13.8 Å². The Morgan fingerprint density at radius 3 is 1.54 bits per heavy atom. The summed E-state index contributed by atoms with van der Waals surface area (Å²) in [6.45, 7) is 3.73. The Morgan fingerprint density at radius 1 is 0.630 bits per heavy atom. The third-order valence-electron chi connectivity index (χ3n) is 10.4. The number of rotatable bonds is 34. The third-order valence-corrected chi connectivity index (χ3v) is 11.4. The van der Waals surface area contributed by atoms with Crippen LogP contribution in [0.15, 0.2) is 12.2 Å². The summed E-state index contributed by atoms with van der Waals surface area (Å²) in [4.78, 5) is 23.3. The lowest BCUT2D eigenvalue weighted by Gasteiger charge is -2.41. The lowest BCUT2D eigenvalue weighted by Crippen LogP contribution is -2.64. The first-order valence-electron chi connectivity index (χ1n) is 21.2. The summed E-state index contributed by atoms with van der Waals surface area (Å²) >= 11 is 0. The summed E-state index contributed by atoms with van der Waals surface area (Å²) in [5, 5.41) is 74.3. The summed E-state index contributed by atoms with van der Waals surface area (Å²) in [6.07, 6.45) is 15.6. The van der Waals surface area contributed by atoms with Crippen molar-refractivity contribution in [2.75, 3.05) is 6.61 Å². The second-order valence-electron chi connectivity index (χ2n) is 15.4. The van der Waals surface area contributed by atoms with Crippen LogP contribution in [0.25, 0.3) is 0 Å². The first-order valence-corrected chi connectivity index (χ1v) is 22.7. The molecule has 8 atom stereocenters. The van der Waals surface area contributed by atoms with E-state index < -0.39 is 75.2 Å². The summed E-state index contributed by atoms with van der Waals surface area (Å²) in [5.41, 5.74) is 0. The highest BCUT2D eigenvalue weighted by Gasteiger charge is 2.51. The normalized spacial score (nSPS) is 24.7. The van der Waals surface area contributed by atoms with Crippen LogP contribution >= 0.6 is 7.82 Å². The van der Waals surface area contributed by atoms with Gasteiger partial charge in [0.25, 0.3) is 0 Å². The fraction of sp³-hybridized carbons (Fsp3) is 0.925. The Kier molecular flexibility index (Phi) is 29.4. The van der Waals surface area contributed by atoms with Crippen molar-refractivity contribution < 1.29 is 59.0 Å². The van der Waals surface area contributed by atoms with Gasteiger partial charge in [-0.25, -0.2) is 4.57 Å². The van der Waals surface area contributed by atoms with E-state index in [1.165, 1.54) is 64.2 Å². The minimum absolute atomic E-state index is 0.226. The Labute approximate surface area is 325 Å². The van der Waals surface area contributed by atoms with E-state index in [0.717, 1.165) is 70.6 Å². The van der Waals surface area contributed by atoms with Gasteiger partial charge in [0.15, 0.2) is 0 Å². The van der Waals surface area contributed by atoms with Crippen LogP contribution in [0.1, 0.15) is 174 Å². The number of unbranched alkanes of at least 4 members (excludes halogenated alkanes) is 19. The highest BCUT2D eigenvalue weighted by atomic mass is 31.2. The monoisotopic (exact) mass is 796 g/mol. The van der Waals surface area contributed by atoms with Gasteiger partial charge in [0.1, 0.15) is 36.6 Å². The molecule has 1 aliphatic carbocycles. The third kappa shape index (κ3) is 23.3. The molecule has 320 valence electrons. The molecule has 8 unspecified atom stereocenters. The fourth-order valence-corrected chi connectivity index (χ4v) is 7.79. The number of hydrogen-bond donors (Lipinski definition) is 9. The molecule has 1 saturated carbocycles. The van der Waals surface area contributed by atoms with E-state index in [0.29, 0.717) is 12.8 Å². The molecule has 0 aromatic heterocycles. The van der Waals surface area contributed by atoms with Gasteiger partial charge >= 0.3 is 7.82 Å². The molecule has 13 nitrogen and oxygen atoms in total. The zero-order valence-corrected chi connectivity index (χ0v) is 34.3. The topological polar surface area (TPSA) is 226 Å². The molecule has 1 aliphatic rings. The average Bonchev–Trinajstić information content (AvgIpc) is 3.14. The van der Waals surface area contributed by atoms with Gasteiger partial charge in [-0.05, 0) is 38.5 Å². The second-order valence-corrected chi connectivity index (χ2v) is 16.8. The number of nitrogens with one attached hydrogen (secondary N) is 1. The Hall–Kier alpha value is -0.960. The summed E-state index contributed by atoms with van der Waals surface area (Å²) in [6, 6.07) is -1.15. The zero-order valence-electron chi connectivity index (χ0n) is 33.4. The highest BCUT2D eigenvalue weighted by molar-refractivity contribution is 7.47. The number of phosphoric acid groups is 1. The van der Waals surface area contributed by atoms with Crippen LogP contribution in [-0.2, 0) is 18.4 Å². The zero-order chi connectivity index (χ0) is 40.2. The van der Waals surface area contributed by atoms with Gasteiger partial charge in [-0.1, -0.05) is 142 Å². The fourth-order valence-electron chi connectivity index (χ4n) is 6.83. The summed E-state index contributed by atoms with van der Waals surface area (Å²) in [5.74, 6) is -0.567. The van der Waals surface area contributed by atoms with Crippen molar-refractivity contribution in [1.82, 2.24) is 5.32 Å². The van der Waals surface area contributed by atoms with Crippen molar-refractivity contribution in [2.24, 2.45) is 0 Å². The van der Waals surface area contributed by atoms with Crippen LogP contribution in [0.3, 0.4) is 0 Å². The second kappa shape index (κ2) is 31.1. The van der Waals surface area contributed by atoms with Crippen LogP contribution in [0.5, 0.6) is 0 Å². The van der Waals surface area contributed by atoms with Crippen molar-refractivity contribution in [2.45, 2.75) is 229 Å². The number of amides is 1. The molecule has 1 amide bonds. The molecule has 1 rings (SSSR count). The van der Waals surface area contributed by atoms with Crippen LogP contribution in [0, 0.1) is 0 Å². The maximum absolute atomic E-state index is 12.9. The minimum Gasteiger partial charge on any atom is -0.393 e. The minimum atomic E-state index is -5.11. The SMILES string of the molecule is CCCCCC/C=C\CCCCCCCC(O)CC(=O)NC(COP(=O)(O)OC1C(O)C(O)C(O)C(O)C1O)C(O)CCCCCCCCCCCCC. The standard InChI is InChI=1S/C40H78NO12P/c1-3-5-7-9-11-13-15-16-18-19-21-23-25-27-31(42)29-34(44)41-32(33(43)28-26-24-22-20-17-14-12-10-8-6-4-2)30-52-54(50,51)53-40-38(48)36(46)35(45)37(47)39(40)49/h13,15,31-33,35-40,42-43,45-49H,3-12,14,16-30H2,1-2H3,(H,41,44)(H,50,51)/b15-13-. The molecule has 54 heavy (non-hydrogen) atoms. The molecule has 0 saturated heterocycles. The van der Waals surface area contributed by atoms with E-state index >= 15 is 0 Å². The van der Waals surface area contributed by atoms with Crippen molar-refractivity contribution in [3.8, 4) is 0 Å². The van der Waals surface area contributed by atoms with E-state index in [4.69, 9.17) is 9.05 Å². The van der Waals surface area contributed by atoms with E-state index in [2.05, 4.69) is 31.3 Å². The van der Waals surface area contributed by atoms with Gasteiger partial charge in [0, 0.05) is 0 Å². The molecule has 9 N–H and O–H groups in total. The molecule has 0 heterocycles. The first kappa shape index (κ1) is 51.1. The number of hydrogen-bond acceptors (Lipinski definition) is 11. The number of phosphoric ester groups is 1. The van der Waals surface area contributed by atoms with E-state index in [1.54, 1.807) is 0 Å². The molecule has 14 heteroatoms. The number of allylic oxidation sites excluding steroid dienone is 2. The molecule has 0 spiro atoms. The van der Waals surface area contributed by atoms with Gasteiger partial charge in [-0.2, -0.15) is 0 Å². The Bertz CT molecular complexity index is 990. The highest BCUT2D eigenvalue weighted by Crippen LogP contribution is 2.47. The van der Waals surface area contributed by atoms with E-state index in [1.807, 2.05) is 0 Å². The largest absolute Gasteiger partial charge is 0.472 e. The Morgan fingerprint density at radius 2 is 1.04 bits per heavy atom. The first-order chi connectivity index (χ1) is 25.8. The predicted octanol–water partition coefficient (Wildman–Crippen LogP) is 5.86. The molecule has 0 aromatic carbocycles. The van der Waals surface area contributed by atoms with Gasteiger partial charge in [0.2, 0.25) is 5.91 Å². The number of aliphatic hydroxyl groups excluding tert-OH is 7. The van der Waals surface area contributed by atoms with Gasteiger partial charge < -0.3 is 46.0 Å². The lowest BCUT2D eigenvalue weighted by molar-refractivity contribution is -0.220. The summed E-state index contributed by atoms with van der Waals surface area (Å²) < 4.78 is 22.8. The van der Waals surface area contributed by atoms with Crippen molar-refractivity contribution in [3.05, 3.63) is 12.2 Å². The molecular weight excluding hydrogens is 717 g/mol. The number of carbonyl (C=O) groups excluding carboxylic acids is 1. The molecule has 0 bridgehead atoms. The van der Waals surface area contributed by atoms with Crippen molar-refractivity contribution >= 4 is 13.7 Å². The molecule has 1 fully saturated rings.